The number of hydrogen-bond donors (Lipinski definition) is 0. The van der Waals surface area contributed by atoms with Gasteiger partial charge in [-0.15, -0.1) is 0 Å². The van der Waals surface area contributed by atoms with Crippen LogP contribution in [0.15, 0.2) is 24.3 Å². The summed E-state index contributed by atoms with van der Waals surface area (Å²) in [6, 6.07) is 6.52. The number of para-hydroxylation sites is 1. The summed E-state index contributed by atoms with van der Waals surface area (Å²) in [7, 11) is 1.27. The van der Waals surface area contributed by atoms with Gasteiger partial charge in [-0.25, -0.2) is 14.6 Å². The van der Waals surface area contributed by atoms with Gasteiger partial charge in [-0.2, -0.15) is 0 Å². The van der Waals surface area contributed by atoms with Crippen LogP contribution in [0.4, 0.5) is 4.79 Å². The summed E-state index contributed by atoms with van der Waals surface area (Å²) in [5, 5.41) is 0.731. The average Bonchev–Trinajstić information content (AvgIpc) is 3.05. The maximum absolute atomic E-state index is 13.3. The van der Waals surface area contributed by atoms with E-state index in [1.807, 2.05) is 24.3 Å². The van der Waals surface area contributed by atoms with E-state index in [1.54, 1.807) is 27.7 Å². The van der Waals surface area contributed by atoms with Crippen molar-refractivity contribution in [1.29, 1.82) is 0 Å². The van der Waals surface area contributed by atoms with E-state index in [-0.39, 0.29) is 25.2 Å². The zero-order valence-corrected chi connectivity index (χ0v) is 18.4. The third kappa shape index (κ3) is 3.71. The highest BCUT2D eigenvalue weighted by Gasteiger charge is 2.55. The van der Waals surface area contributed by atoms with E-state index in [4.69, 9.17) is 14.2 Å². The fraction of sp³-hybridized carbons (Fsp3) is 0.478. The first-order valence-corrected chi connectivity index (χ1v) is 10.2. The molecule has 0 aliphatic carbocycles. The number of pyridine rings is 1. The second kappa shape index (κ2) is 7.21. The number of fused-ring (bicyclic) bond motifs is 3. The van der Waals surface area contributed by atoms with E-state index >= 15 is 0 Å². The minimum Gasteiger partial charge on any atom is -0.482 e. The topological polar surface area (TPSA) is 95.0 Å². The summed E-state index contributed by atoms with van der Waals surface area (Å²) >= 11 is 0. The van der Waals surface area contributed by atoms with Gasteiger partial charge in [0.15, 0.2) is 11.5 Å². The molecule has 1 saturated heterocycles. The van der Waals surface area contributed by atoms with Crippen molar-refractivity contribution in [3.8, 4) is 5.75 Å². The Hall–Kier alpha value is -3.16. The molecule has 0 radical (unpaired) electrons. The Kier molecular flexibility index (Phi) is 4.91. The number of ether oxygens (including phenoxy) is 3. The predicted octanol–water partition coefficient (Wildman–Crippen LogP) is 3.43. The standard InChI is InChI=1S/C23H26N2O6/c1-13-19-18(14-8-6-7-9-15(14)24-13)17(26)11-23(30-19)10-16(20(27)29-5)25(12-23)21(28)31-22(2,3)4/h6-9,16H,10-12H2,1-5H3/t16-,23?/m0/s1. The molecule has 31 heavy (non-hydrogen) atoms. The lowest BCUT2D eigenvalue weighted by atomic mass is 9.86. The summed E-state index contributed by atoms with van der Waals surface area (Å²) in [6.07, 6.45) is -0.466. The van der Waals surface area contributed by atoms with Crippen molar-refractivity contribution >= 4 is 28.7 Å². The van der Waals surface area contributed by atoms with Crippen LogP contribution in [0.1, 0.15) is 49.7 Å². The van der Waals surface area contributed by atoms with Crippen molar-refractivity contribution in [3.63, 3.8) is 0 Å². The molecule has 0 saturated carbocycles. The summed E-state index contributed by atoms with van der Waals surface area (Å²) < 4.78 is 16.8. The van der Waals surface area contributed by atoms with Crippen molar-refractivity contribution in [2.45, 2.75) is 57.8 Å². The van der Waals surface area contributed by atoms with E-state index in [2.05, 4.69) is 4.98 Å². The molecule has 3 heterocycles. The zero-order valence-electron chi connectivity index (χ0n) is 18.4. The van der Waals surface area contributed by atoms with Crippen molar-refractivity contribution in [1.82, 2.24) is 9.88 Å². The number of nitrogens with zero attached hydrogens (tertiary/aromatic N) is 2. The van der Waals surface area contributed by atoms with Gasteiger partial charge in [0.25, 0.3) is 0 Å². The third-order valence-corrected chi connectivity index (χ3v) is 5.60. The van der Waals surface area contributed by atoms with Gasteiger partial charge in [0, 0.05) is 11.8 Å². The van der Waals surface area contributed by atoms with Gasteiger partial charge in [0.1, 0.15) is 17.2 Å². The molecule has 1 unspecified atom stereocenters. The first-order valence-electron chi connectivity index (χ1n) is 10.2. The molecule has 1 spiro atoms. The smallest absolute Gasteiger partial charge is 0.411 e. The van der Waals surface area contributed by atoms with Gasteiger partial charge >= 0.3 is 12.1 Å². The van der Waals surface area contributed by atoms with Crippen LogP contribution in [0, 0.1) is 6.92 Å². The number of benzene rings is 1. The van der Waals surface area contributed by atoms with Gasteiger partial charge in [0.2, 0.25) is 0 Å². The second-order valence-corrected chi connectivity index (χ2v) is 9.15. The number of hydrogen-bond acceptors (Lipinski definition) is 7. The lowest BCUT2D eigenvalue weighted by Gasteiger charge is -2.35. The first-order chi connectivity index (χ1) is 14.5. The van der Waals surface area contributed by atoms with Gasteiger partial charge < -0.3 is 14.2 Å². The Labute approximate surface area is 180 Å². The van der Waals surface area contributed by atoms with E-state index in [1.165, 1.54) is 12.0 Å². The molecular weight excluding hydrogens is 400 g/mol. The van der Waals surface area contributed by atoms with E-state index in [9.17, 15) is 14.4 Å². The van der Waals surface area contributed by atoms with Gasteiger partial charge in [0.05, 0.1) is 36.8 Å². The number of carbonyl (C=O) groups is 3. The number of amides is 1. The van der Waals surface area contributed by atoms with Crippen molar-refractivity contribution < 1.29 is 28.6 Å². The van der Waals surface area contributed by atoms with Crippen LogP contribution in [0.5, 0.6) is 5.75 Å². The minimum absolute atomic E-state index is 0.0408. The molecule has 8 nitrogen and oxygen atoms in total. The van der Waals surface area contributed by atoms with Crippen LogP contribution >= 0.6 is 0 Å². The van der Waals surface area contributed by atoms with Crippen molar-refractivity contribution in [2.24, 2.45) is 0 Å². The lowest BCUT2D eigenvalue weighted by Crippen LogP contribution is -2.47. The molecule has 0 N–H and O–H groups in total. The quantitative estimate of drug-likeness (QED) is 0.645. The Morgan fingerprint density at radius 2 is 1.97 bits per heavy atom. The van der Waals surface area contributed by atoms with Crippen LogP contribution in [0.2, 0.25) is 0 Å². The third-order valence-electron chi connectivity index (χ3n) is 5.60. The molecule has 164 valence electrons. The van der Waals surface area contributed by atoms with Gasteiger partial charge in [-0.05, 0) is 33.8 Å². The molecule has 8 heteroatoms. The number of carbonyl (C=O) groups excluding carboxylic acids is 3. The Balaban J connectivity index is 1.74. The normalized spacial score (nSPS) is 22.9. The SMILES string of the molecule is COC(=O)[C@@H]1CC2(CC(=O)c3c(c(C)nc4ccccc34)O2)CN1C(=O)OC(C)(C)C. The van der Waals surface area contributed by atoms with Crippen molar-refractivity contribution in [3.05, 3.63) is 35.5 Å². The number of esters is 1. The fourth-order valence-corrected chi connectivity index (χ4v) is 4.36. The van der Waals surface area contributed by atoms with Crippen molar-refractivity contribution in [2.75, 3.05) is 13.7 Å². The molecule has 0 bridgehead atoms. The summed E-state index contributed by atoms with van der Waals surface area (Å²) in [4.78, 5) is 44.5. The Morgan fingerprint density at radius 1 is 1.26 bits per heavy atom. The van der Waals surface area contributed by atoms with Crippen LogP contribution in [0.25, 0.3) is 10.9 Å². The van der Waals surface area contributed by atoms with Crippen LogP contribution in [0.3, 0.4) is 0 Å². The number of likely N-dealkylation sites (tertiary alicyclic amines) is 1. The molecule has 2 aliphatic heterocycles. The van der Waals surface area contributed by atoms with Gasteiger partial charge in [-0.1, -0.05) is 18.2 Å². The number of aromatic nitrogens is 1. The van der Waals surface area contributed by atoms with Crippen LogP contribution in [-0.4, -0.2) is 58.6 Å². The van der Waals surface area contributed by atoms with Crippen LogP contribution in [-0.2, 0) is 14.3 Å². The number of Topliss-reactive ketones (excluding diaryl/α,β-unsaturated/α-hetero) is 1. The largest absolute Gasteiger partial charge is 0.482 e. The molecule has 1 amide bonds. The number of ketones is 1. The summed E-state index contributed by atoms with van der Waals surface area (Å²) in [5.74, 6) is -0.264. The van der Waals surface area contributed by atoms with Crippen LogP contribution < -0.4 is 4.74 Å². The highest BCUT2D eigenvalue weighted by atomic mass is 16.6. The highest BCUT2D eigenvalue weighted by molar-refractivity contribution is 6.11. The zero-order chi connectivity index (χ0) is 22.6. The Morgan fingerprint density at radius 3 is 2.65 bits per heavy atom. The maximum atomic E-state index is 13.3. The molecule has 1 aromatic carbocycles. The monoisotopic (exact) mass is 426 g/mol. The predicted molar refractivity (Wildman–Crippen MR) is 112 cm³/mol. The fourth-order valence-electron chi connectivity index (χ4n) is 4.36. The number of aryl methyl sites for hydroxylation is 1. The molecule has 2 aliphatic rings. The van der Waals surface area contributed by atoms with E-state index in [0.717, 1.165) is 10.9 Å². The average molecular weight is 426 g/mol. The lowest BCUT2D eigenvalue weighted by molar-refractivity contribution is -0.145. The molecule has 2 atom stereocenters. The second-order valence-electron chi connectivity index (χ2n) is 9.15. The summed E-state index contributed by atoms with van der Waals surface area (Å²) in [5.41, 5.74) is 0.0312. The maximum Gasteiger partial charge on any atom is 0.411 e. The highest BCUT2D eigenvalue weighted by Crippen LogP contribution is 2.44. The first kappa shape index (κ1) is 21.1. The Bertz CT molecular complexity index is 1090. The minimum atomic E-state index is -1.05. The number of rotatable bonds is 1. The van der Waals surface area contributed by atoms with E-state index in [0.29, 0.717) is 17.0 Å². The summed E-state index contributed by atoms with van der Waals surface area (Å²) in [6.45, 7) is 7.08. The molecule has 1 fully saturated rings. The molecular formula is C23H26N2O6. The van der Waals surface area contributed by atoms with Gasteiger partial charge in [-0.3, -0.25) is 9.69 Å². The van der Waals surface area contributed by atoms with E-state index < -0.39 is 29.3 Å². The molecule has 4 rings (SSSR count). The molecule has 1 aromatic heterocycles. The number of methoxy groups -OCH3 is 1. The molecule has 2 aromatic rings.